The lowest BCUT2D eigenvalue weighted by atomic mass is 10.1. The van der Waals surface area contributed by atoms with Gasteiger partial charge < -0.3 is 10.1 Å². The maximum atomic E-state index is 12.1. The van der Waals surface area contributed by atoms with E-state index in [1.54, 1.807) is 25.5 Å². The Hall–Kier alpha value is -2.02. The number of carbonyl (C=O) groups is 1. The Morgan fingerprint density at radius 2 is 1.96 bits per heavy atom. The molecule has 0 saturated carbocycles. The smallest absolute Gasteiger partial charge is 0.239 e. The van der Waals surface area contributed by atoms with Crippen molar-refractivity contribution < 1.29 is 9.53 Å². The molecule has 1 aliphatic heterocycles. The average molecular weight is 408 g/mol. The van der Waals surface area contributed by atoms with Crippen LogP contribution in [-0.2, 0) is 11.2 Å². The summed E-state index contributed by atoms with van der Waals surface area (Å²) in [6, 6.07) is 12.8. The Labute approximate surface area is 165 Å². The van der Waals surface area contributed by atoms with Gasteiger partial charge in [0, 0.05) is 0 Å². The first-order chi connectivity index (χ1) is 12.5. The largest absolute Gasteiger partial charge is 0.497 e. The number of ether oxygens (including phenoxy) is 1. The molecule has 1 atom stereocenters. The Morgan fingerprint density at radius 3 is 2.65 bits per heavy atom. The first-order valence-corrected chi connectivity index (χ1v) is 9.35. The van der Waals surface area contributed by atoms with E-state index in [1.807, 2.05) is 30.3 Å². The molecule has 26 heavy (non-hydrogen) atoms. The molecule has 3 rings (SSSR count). The minimum atomic E-state index is -0.276. The van der Waals surface area contributed by atoms with Crippen molar-refractivity contribution in [1.82, 2.24) is 5.32 Å². The van der Waals surface area contributed by atoms with Gasteiger partial charge >= 0.3 is 0 Å². The normalized spacial score (nSPS) is 18.5. The summed E-state index contributed by atoms with van der Waals surface area (Å²) in [6.45, 7) is 0. The second-order valence-electron chi connectivity index (χ2n) is 5.47. The molecule has 1 N–H and O–H groups in total. The highest BCUT2D eigenvalue weighted by atomic mass is 35.5. The van der Waals surface area contributed by atoms with Crippen molar-refractivity contribution >= 4 is 52.3 Å². The van der Waals surface area contributed by atoms with E-state index in [-0.39, 0.29) is 11.2 Å². The van der Waals surface area contributed by atoms with E-state index in [0.29, 0.717) is 21.6 Å². The Bertz CT molecular complexity index is 869. The number of halogens is 2. The molecule has 2 aromatic carbocycles. The summed E-state index contributed by atoms with van der Waals surface area (Å²) in [5.41, 5.74) is 1.83. The number of hydrogen-bond donors (Lipinski definition) is 1. The molecule has 2 aromatic rings. The molecule has 8 heteroatoms. The number of amides is 1. The van der Waals surface area contributed by atoms with Crippen LogP contribution in [0.15, 0.2) is 52.7 Å². The van der Waals surface area contributed by atoms with Gasteiger partial charge in [0.05, 0.1) is 28.6 Å². The zero-order chi connectivity index (χ0) is 18.5. The molecule has 0 aromatic heterocycles. The number of hydrogen-bond acceptors (Lipinski definition) is 5. The maximum Gasteiger partial charge on any atom is 0.239 e. The number of nitrogens with one attached hydrogen (secondary N) is 1. The Balaban J connectivity index is 1.61. The first-order valence-electron chi connectivity index (χ1n) is 7.71. The molecule has 1 heterocycles. The molecule has 5 nitrogen and oxygen atoms in total. The van der Waals surface area contributed by atoms with Crippen molar-refractivity contribution in [2.75, 3.05) is 7.11 Å². The second kappa shape index (κ2) is 8.58. The fraction of sp³-hybridized carbons (Fsp3) is 0.167. The van der Waals surface area contributed by atoms with Crippen LogP contribution in [0.2, 0.25) is 10.0 Å². The summed E-state index contributed by atoms with van der Waals surface area (Å²) in [5, 5.41) is 12.0. The monoisotopic (exact) mass is 407 g/mol. The van der Waals surface area contributed by atoms with Gasteiger partial charge in [0.1, 0.15) is 5.75 Å². The van der Waals surface area contributed by atoms with Crippen LogP contribution in [0.25, 0.3) is 0 Å². The van der Waals surface area contributed by atoms with Crippen molar-refractivity contribution in [3.63, 3.8) is 0 Å². The van der Waals surface area contributed by atoms with Gasteiger partial charge in [0.25, 0.3) is 0 Å². The van der Waals surface area contributed by atoms with E-state index < -0.39 is 0 Å². The van der Waals surface area contributed by atoms with Crippen molar-refractivity contribution in [2.24, 2.45) is 10.2 Å². The number of nitrogens with zero attached hydrogens (tertiary/aromatic N) is 2. The van der Waals surface area contributed by atoms with Crippen LogP contribution in [0, 0.1) is 0 Å². The lowest BCUT2D eigenvalue weighted by Gasteiger charge is -2.06. The molecule has 1 saturated heterocycles. The molecular formula is C18H15Cl2N3O2S. The summed E-state index contributed by atoms with van der Waals surface area (Å²) >= 11 is 13.3. The highest BCUT2D eigenvalue weighted by Gasteiger charge is 2.30. The molecule has 0 spiro atoms. The fourth-order valence-corrected chi connectivity index (χ4v) is 3.59. The zero-order valence-electron chi connectivity index (χ0n) is 13.8. The van der Waals surface area contributed by atoms with E-state index in [0.717, 1.165) is 16.9 Å². The van der Waals surface area contributed by atoms with Crippen molar-refractivity contribution in [1.29, 1.82) is 0 Å². The average Bonchev–Trinajstić information content (AvgIpc) is 2.98. The lowest BCUT2D eigenvalue weighted by Crippen LogP contribution is -2.25. The first kappa shape index (κ1) is 18.8. The molecule has 1 amide bonds. The summed E-state index contributed by atoms with van der Waals surface area (Å²) in [4.78, 5) is 12.1. The predicted octanol–water partition coefficient (Wildman–Crippen LogP) is 4.17. The van der Waals surface area contributed by atoms with Crippen molar-refractivity contribution in [2.45, 2.75) is 11.7 Å². The van der Waals surface area contributed by atoms with Crippen molar-refractivity contribution in [3.05, 3.63) is 63.6 Å². The fourth-order valence-electron chi connectivity index (χ4n) is 2.31. The number of methoxy groups -OCH3 is 1. The lowest BCUT2D eigenvalue weighted by molar-refractivity contribution is -0.118. The third kappa shape index (κ3) is 4.78. The van der Waals surface area contributed by atoms with E-state index in [4.69, 9.17) is 27.9 Å². The Morgan fingerprint density at radius 1 is 1.19 bits per heavy atom. The molecule has 1 aliphatic rings. The summed E-state index contributed by atoms with van der Waals surface area (Å²) < 4.78 is 5.10. The molecule has 0 aliphatic carbocycles. The van der Waals surface area contributed by atoms with E-state index in [1.165, 1.54) is 11.8 Å². The summed E-state index contributed by atoms with van der Waals surface area (Å²) in [5.74, 6) is 0.677. The van der Waals surface area contributed by atoms with E-state index >= 15 is 0 Å². The van der Waals surface area contributed by atoms with Crippen LogP contribution >= 0.6 is 35.0 Å². The van der Waals surface area contributed by atoms with Crippen LogP contribution in [0.4, 0.5) is 0 Å². The zero-order valence-corrected chi connectivity index (χ0v) is 16.1. The highest BCUT2D eigenvalue weighted by Crippen LogP contribution is 2.27. The highest BCUT2D eigenvalue weighted by molar-refractivity contribution is 8.15. The molecule has 0 bridgehead atoms. The topological polar surface area (TPSA) is 63.1 Å². The second-order valence-corrected chi connectivity index (χ2v) is 7.48. The van der Waals surface area contributed by atoms with Gasteiger partial charge in [-0.25, -0.2) is 0 Å². The van der Waals surface area contributed by atoms with Crippen molar-refractivity contribution in [3.8, 4) is 5.75 Å². The predicted molar refractivity (Wildman–Crippen MR) is 108 cm³/mol. The van der Waals surface area contributed by atoms with E-state index in [9.17, 15) is 4.79 Å². The van der Waals surface area contributed by atoms with Gasteiger partial charge in [-0.05, 0) is 53.9 Å². The number of rotatable bonds is 5. The molecule has 1 unspecified atom stereocenters. The Kier molecular flexibility index (Phi) is 6.19. The molecule has 0 radical (unpaired) electrons. The van der Waals surface area contributed by atoms with Gasteiger partial charge in [0.15, 0.2) is 5.17 Å². The van der Waals surface area contributed by atoms with Crippen LogP contribution in [-0.4, -0.2) is 29.6 Å². The molecule has 1 fully saturated rings. The van der Waals surface area contributed by atoms with Gasteiger partial charge in [-0.2, -0.15) is 5.10 Å². The number of thioether (sulfide) groups is 1. The van der Waals surface area contributed by atoms with Gasteiger partial charge in [-0.1, -0.05) is 41.0 Å². The maximum absolute atomic E-state index is 12.1. The van der Waals surface area contributed by atoms with E-state index in [2.05, 4.69) is 15.5 Å². The van der Waals surface area contributed by atoms with Crippen LogP contribution in [0.3, 0.4) is 0 Å². The minimum Gasteiger partial charge on any atom is -0.497 e. The third-order valence-corrected chi connectivity index (χ3v) is 5.46. The molecular weight excluding hydrogens is 393 g/mol. The third-order valence-electron chi connectivity index (χ3n) is 3.65. The number of amidine groups is 1. The van der Waals surface area contributed by atoms with Gasteiger partial charge in [0.2, 0.25) is 5.91 Å². The minimum absolute atomic E-state index is 0.0977. The van der Waals surface area contributed by atoms with Gasteiger partial charge in [-0.15, -0.1) is 5.10 Å². The number of carbonyl (C=O) groups excluding carboxylic acids is 1. The summed E-state index contributed by atoms with van der Waals surface area (Å²) in [6.07, 6.45) is 2.15. The van der Waals surface area contributed by atoms with Gasteiger partial charge in [-0.3, -0.25) is 4.79 Å². The quantitative estimate of drug-likeness (QED) is 0.597. The van der Waals surface area contributed by atoms with Crippen LogP contribution < -0.4 is 10.1 Å². The SMILES string of the molecule is COc1ccc(C=NN=C2NC(=O)C(Cc3ccc(Cl)c(Cl)c3)S2)cc1. The van der Waals surface area contributed by atoms with Crippen LogP contribution in [0.1, 0.15) is 11.1 Å². The standard InChI is InChI=1S/C18H15Cl2N3O2S/c1-25-13-5-2-11(3-6-13)10-21-23-18-22-17(24)16(26-18)9-12-4-7-14(19)15(20)8-12/h2-8,10,16H,9H2,1H3,(H,22,23,24). The number of benzene rings is 2. The van der Waals surface area contributed by atoms with Crippen LogP contribution in [0.5, 0.6) is 5.75 Å². The molecule has 134 valence electrons. The summed E-state index contributed by atoms with van der Waals surface area (Å²) in [7, 11) is 1.61.